The molecule has 16 heavy (non-hydrogen) atoms. The minimum absolute atomic E-state index is 0.217. The highest BCUT2D eigenvalue weighted by molar-refractivity contribution is 9.10. The fourth-order valence-corrected chi connectivity index (χ4v) is 1.38. The van der Waals surface area contributed by atoms with Gasteiger partial charge in [0.2, 0.25) is 0 Å². The first kappa shape index (κ1) is 12.5. The van der Waals surface area contributed by atoms with Gasteiger partial charge in [-0.1, -0.05) is 28.1 Å². The summed E-state index contributed by atoms with van der Waals surface area (Å²) in [6, 6.07) is 7.28. The Balaban J connectivity index is 2.67. The second-order valence-corrected chi connectivity index (χ2v) is 3.76. The van der Waals surface area contributed by atoms with Crippen molar-refractivity contribution in [2.45, 2.75) is 6.92 Å². The SMILES string of the molecule is CCOC(=O)N/N=C(\N)c1cccc(Br)c1. The van der Waals surface area contributed by atoms with Crippen molar-refractivity contribution in [2.75, 3.05) is 6.61 Å². The zero-order valence-corrected chi connectivity index (χ0v) is 10.3. The number of hydrogen-bond donors (Lipinski definition) is 2. The van der Waals surface area contributed by atoms with Crippen LogP contribution >= 0.6 is 15.9 Å². The first-order chi connectivity index (χ1) is 7.63. The second-order valence-electron chi connectivity index (χ2n) is 2.84. The number of carbonyl (C=O) groups is 1. The Morgan fingerprint density at radius 3 is 3.00 bits per heavy atom. The molecule has 0 atom stereocenters. The van der Waals surface area contributed by atoms with Crippen LogP contribution in [0, 0.1) is 0 Å². The number of ether oxygens (including phenoxy) is 1. The van der Waals surface area contributed by atoms with Gasteiger partial charge in [-0.3, -0.25) is 0 Å². The molecule has 0 aromatic heterocycles. The summed E-state index contributed by atoms with van der Waals surface area (Å²) in [7, 11) is 0. The quantitative estimate of drug-likeness (QED) is 0.505. The van der Waals surface area contributed by atoms with E-state index in [1.807, 2.05) is 12.1 Å². The molecule has 0 spiro atoms. The molecular weight excluding hydrogens is 274 g/mol. The lowest BCUT2D eigenvalue weighted by atomic mass is 10.2. The van der Waals surface area contributed by atoms with Gasteiger partial charge in [-0.2, -0.15) is 5.10 Å². The first-order valence-corrected chi connectivity index (χ1v) is 5.44. The van der Waals surface area contributed by atoms with Gasteiger partial charge >= 0.3 is 6.09 Å². The lowest BCUT2D eigenvalue weighted by Crippen LogP contribution is -2.24. The average Bonchev–Trinajstić information content (AvgIpc) is 2.26. The van der Waals surface area contributed by atoms with E-state index in [2.05, 4.69) is 31.2 Å². The topological polar surface area (TPSA) is 76.7 Å². The highest BCUT2D eigenvalue weighted by Gasteiger charge is 2.01. The number of amidine groups is 1. The van der Waals surface area contributed by atoms with E-state index < -0.39 is 6.09 Å². The summed E-state index contributed by atoms with van der Waals surface area (Å²) >= 11 is 3.31. The van der Waals surface area contributed by atoms with Gasteiger partial charge in [0.25, 0.3) is 0 Å². The van der Waals surface area contributed by atoms with Crippen LogP contribution in [0.2, 0.25) is 0 Å². The number of hydrazone groups is 1. The molecule has 1 amide bonds. The largest absolute Gasteiger partial charge is 0.449 e. The zero-order valence-electron chi connectivity index (χ0n) is 8.74. The van der Waals surface area contributed by atoms with Gasteiger partial charge in [-0.15, -0.1) is 0 Å². The van der Waals surface area contributed by atoms with Crippen LogP contribution in [-0.2, 0) is 4.74 Å². The minimum Gasteiger partial charge on any atom is -0.449 e. The maximum Gasteiger partial charge on any atom is 0.427 e. The van der Waals surface area contributed by atoms with Crippen molar-refractivity contribution in [2.24, 2.45) is 10.8 Å². The Labute approximate surface area is 102 Å². The summed E-state index contributed by atoms with van der Waals surface area (Å²) in [5.74, 6) is 0.217. The van der Waals surface area contributed by atoms with E-state index in [4.69, 9.17) is 5.73 Å². The van der Waals surface area contributed by atoms with E-state index in [-0.39, 0.29) is 12.4 Å². The smallest absolute Gasteiger partial charge is 0.427 e. The third kappa shape index (κ3) is 3.90. The Kier molecular flexibility index (Phi) is 4.78. The van der Waals surface area contributed by atoms with Gasteiger partial charge in [0.05, 0.1) is 6.61 Å². The fraction of sp³-hybridized carbons (Fsp3) is 0.200. The molecule has 6 heteroatoms. The molecule has 1 aromatic carbocycles. The van der Waals surface area contributed by atoms with Crippen LogP contribution in [0.4, 0.5) is 4.79 Å². The molecule has 0 aliphatic carbocycles. The van der Waals surface area contributed by atoms with Crippen molar-refractivity contribution in [3.63, 3.8) is 0 Å². The van der Waals surface area contributed by atoms with Gasteiger partial charge in [0, 0.05) is 10.0 Å². The number of nitrogens with one attached hydrogen (secondary N) is 1. The van der Waals surface area contributed by atoms with Crippen LogP contribution in [0.15, 0.2) is 33.8 Å². The third-order valence-corrected chi connectivity index (χ3v) is 2.16. The molecule has 86 valence electrons. The van der Waals surface area contributed by atoms with Crippen molar-refractivity contribution in [1.82, 2.24) is 5.43 Å². The fourth-order valence-electron chi connectivity index (χ4n) is 0.982. The molecular formula is C10H12BrN3O2. The van der Waals surface area contributed by atoms with Crippen molar-refractivity contribution < 1.29 is 9.53 Å². The van der Waals surface area contributed by atoms with Gasteiger partial charge in [0.15, 0.2) is 5.84 Å². The molecule has 3 N–H and O–H groups in total. The standard InChI is InChI=1S/C10H12BrN3O2/c1-2-16-10(15)14-13-9(12)7-4-3-5-8(11)6-7/h3-6H,2H2,1H3,(H2,12,13)(H,14,15). The predicted molar refractivity (Wildman–Crippen MR) is 65.0 cm³/mol. The van der Waals surface area contributed by atoms with E-state index in [9.17, 15) is 4.79 Å². The molecule has 0 unspecified atom stereocenters. The number of amides is 1. The molecule has 0 fully saturated rings. The molecule has 0 heterocycles. The van der Waals surface area contributed by atoms with Crippen LogP contribution in [0.25, 0.3) is 0 Å². The number of carbonyl (C=O) groups excluding carboxylic acids is 1. The number of nitrogens with zero attached hydrogens (tertiary/aromatic N) is 1. The van der Waals surface area contributed by atoms with Crippen LogP contribution in [0.3, 0.4) is 0 Å². The number of hydrogen-bond acceptors (Lipinski definition) is 3. The monoisotopic (exact) mass is 285 g/mol. The third-order valence-electron chi connectivity index (χ3n) is 1.66. The molecule has 1 rings (SSSR count). The van der Waals surface area contributed by atoms with E-state index >= 15 is 0 Å². The molecule has 0 radical (unpaired) electrons. The molecule has 0 aliphatic rings. The maximum atomic E-state index is 10.9. The van der Waals surface area contributed by atoms with Crippen LogP contribution < -0.4 is 11.2 Å². The normalized spacial score (nSPS) is 11.0. The number of benzene rings is 1. The molecule has 0 saturated carbocycles. The zero-order chi connectivity index (χ0) is 12.0. The van der Waals surface area contributed by atoms with E-state index in [0.29, 0.717) is 5.56 Å². The van der Waals surface area contributed by atoms with E-state index in [1.165, 1.54) is 0 Å². The number of rotatable bonds is 3. The van der Waals surface area contributed by atoms with Gasteiger partial charge in [-0.05, 0) is 19.1 Å². The van der Waals surface area contributed by atoms with Crippen LogP contribution in [0.5, 0.6) is 0 Å². The Morgan fingerprint density at radius 2 is 2.38 bits per heavy atom. The highest BCUT2D eigenvalue weighted by atomic mass is 79.9. The number of halogens is 1. The number of nitrogens with two attached hydrogens (primary N) is 1. The summed E-state index contributed by atoms with van der Waals surface area (Å²) in [6.45, 7) is 2.00. The molecule has 0 bridgehead atoms. The van der Waals surface area contributed by atoms with Gasteiger partial charge in [-0.25, -0.2) is 10.2 Å². The van der Waals surface area contributed by atoms with Crippen molar-refractivity contribution >= 4 is 27.9 Å². The average molecular weight is 286 g/mol. The van der Waals surface area contributed by atoms with Crippen molar-refractivity contribution in [3.05, 3.63) is 34.3 Å². The van der Waals surface area contributed by atoms with E-state index in [1.54, 1.807) is 19.1 Å². The Hall–Kier alpha value is -1.56. The predicted octanol–water partition coefficient (Wildman–Crippen LogP) is 1.82. The summed E-state index contributed by atoms with van der Waals surface area (Å²) in [5, 5.41) is 3.70. The van der Waals surface area contributed by atoms with Crippen LogP contribution in [-0.4, -0.2) is 18.5 Å². The van der Waals surface area contributed by atoms with Crippen molar-refractivity contribution in [1.29, 1.82) is 0 Å². The molecule has 0 saturated heterocycles. The lowest BCUT2D eigenvalue weighted by Gasteiger charge is -2.03. The molecule has 5 nitrogen and oxygen atoms in total. The maximum absolute atomic E-state index is 10.9. The van der Waals surface area contributed by atoms with E-state index in [0.717, 1.165) is 4.47 Å². The van der Waals surface area contributed by atoms with Gasteiger partial charge in [0.1, 0.15) is 0 Å². The highest BCUT2D eigenvalue weighted by Crippen LogP contribution is 2.10. The molecule has 1 aromatic rings. The molecule has 0 aliphatic heterocycles. The summed E-state index contributed by atoms with van der Waals surface area (Å²) in [5.41, 5.74) is 8.57. The minimum atomic E-state index is -0.625. The van der Waals surface area contributed by atoms with Crippen molar-refractivity contribution in [3.8, 4) is 0 Å². The first-order valence-electron chi connectivity index (χ1n) is 4.65. The van der Waals surface area contributed by atoms with Gasteiger partial charge < -0.3 is 10.5 Å². The summed E-state index contributed by atoms with van der Waals surface area (Å²) < 4.78 is 5.52. The second kappa shape index (κ2) is 6.12. The Morgan fingerprint density at radius 1 is 1.62 bits per heavy atom. The lowest BCUT2D eigenvalue weighted by molar-refractivity contribution is 0.152. The summed E-state index contributed by atoms with van der Waals surface area (Å²) in [6.07, 6.45) is -0.625. The van der Waals surface area contributed by atoms with Crippen LogP contribution in [0.1, 0.15) is 12.5 Å². The Bertz CT molecular complexity index is 407. The summed E-state index contributed by atoms with van der Waals surface area (Å²) in [4.78, 5) is 10.9.